The lowest BCUT2D eigenvalue weighted by molar-refractivity contribution is 0.0712. The molecule has 1 aromatic carbocycles. The topological polar surface area (TPSA) is 27.7 Å². The predicted octanol–water partition coefficient (Wildman–Crippen LogP) is 4.86. The average molecular weight is 325 g/mol. The first-order valence-electron chi connectivity index (χ1n) is 8.24. The predicted molar refractivity (Wildman–Crippen MR) is 96.1 cm³/mol. The Labute approximate surface area is 137 Å². The molecule has 0 atom stereocenters. The number of hydrogen-bond donors (Lipinski definition) is 0. The Bertz CT molecular complexity index is 338. The monoisotopic (exact) mass is 324 g/mol. The molecule has 0 heterocycles. The highest BCUT2D eigenvalue weighted by Gasteiger charge is 2.38. The van der Waals surface area contributed by atoms with Crippen LogP contribution in [0.3, 0.4) is 0 Å². The SMILES string of the molecule is C=CCc1ccccc1.CCC[Si](OCC)(OCC)OCC. The van der Waals surface area contributed by atoms with Crippen LogP contribution in [0.4, 0.5) is 0 Å². The molecule has 0 unspecified atom stereocenters. The van der Waals surface area contributed by atoms with Crippen LogP contribution in [0, 0.1) is 0 Å². The van der Waals surface area contributed by atoms with Gasteiger partial charge in [0.1, 0.15) is 0 Å². The molecule has 0 saturated heterocycles. The highest BCUT2D eigenvalue weighted by atomic mass is 28.4. The second-order valence-electron chi connectivity index (χ2n) is 4.71. The van der Waals surface area contributed by atoms with Crippen LogP contribution in [-0.4, -0.2) is 28.6 Å². The van der Waals surface area contributed by atoms with Crippen LogP contribution in [0.25, 0.3) is 0 Å². The Balaban J connectivity index is 0.000000425. The van der Waals surface area contributed by atoms with Crippen LogP contribution in [0.5, 0.6) is 0 Å². The summed E-state index contributed by atoms with van der Waals surface area (Å²) in [6, 6.07) is 11.2. The molecule has 0 bridgehead atoms. The summed E-state index contributed by atoms with van der Waals surface area (Å²) in [4.78, 5) is 0. The standard InChI is InChI=1S/C9H22O3Si.C9H10/c1-5-9-13(10-6-2,11-7-3)12-8-4;1-2-6-9-7-4-3-5-8-9/h5-9H2,1-4H3;2-5,7-8H,1,6H2. The van der Waals surface area contributed by atoms with Gasteiger partial charge in [0.25, 0.3) is 0 Å². The summed E-state index contributed by atoms with van der Waals surface area (Å²) in [5.41, 5.74) is 1.33. The maximum Gasteiger partial charge on any atom is 0.500 e. The van der Waals surface area contributed by atoms with E-state index < -0.39 is 8.80 Å². The summed E-state index contributed by atoms with van der Waals surface area (Å²) >= 11 is 0. The zero-order chi connectivity index (χ0) is 16.7. The van der Waals surface area contributed by atoms with Gasteiger partial charge in [-0.3, -0.25) is 0 Å². The molecule has 126 valence electrons. The fraction of sp³-hybridized carbons (Fsp3) is 0.556. The summed E-state index contributed by atoms with van der Waals surface area (Å²) in [5, 5.41) is 0. The normalized spacial score (nSPS) is 10.7. The van der Waals surface area contributed by atoms with E-state index in [9.17, 15) is 0 Å². The van der Waals surface area contributed by atoms with Crippen molar-refractivity contribution in [2.24, 2.45) is 0 Å². The largest absolute Gasteiger partial charge is 0.500 e. The Morgan fingerprint density at radius 1 is 0.909 bits per heavy atom. The van der Waals surface area contributed by atoms with E-state index >= 15 is 0 Å². The molecule has 0 aliphatic heterocycles. The number of benzene rings is 1. The number of hydrogen-bond acceptors (Lipinski definition) is 3. The molecule has 4 heteroatoms. The van der Waals surface area contributed by atoms with Gasteiger partial charge in [0.05, 0.1) is 0 Å². The Kier molecular flexibility index (Phi) is 13.1. The van der Waals surface area contributed by atoms with Crippen molar-refractivity contribution in [3.8, 4) is 0 Å². The van der Waals surface area contributed by atoms with Gasteiger partial charge in [0.2, 0.25) is 0 Å². The van der Waals surface area contributed by atoms with Crippen molar-refractivity contribution in [1.82, 2.24) is 0 Å². The maximum absolute atomic E-state index is 5.65. The molecule has 0 amide bonds. The molecule has 0 N–H and O–H groups in total. The van der Waals surface area contributed by atoms with E-state index in [1.807, 2.05) is 45.0 Å². The molecule has 0 saturated carbocycles. The zero-order valence-corrected chi connectivity index (χ0v) is 15.6. The fourth-order valence-corrected chi connectivity index (χ4v) is 4.70. The van der Waals surface area contributed by atoms with Gasteiger partial charge < -0.3 is 13.3 Å². The second kappa shape index (κ2) is 13.7. The quantitative estimate of drug-likeness (QED) is 0.454. The van der Waals surface area contributed by atoms with Crippen LogP contribution in [0.15, 0.2) is 43.0 Å². The Morgan fingerprint density at radius 3 is 1.77 bits per heavy atom. The second-order valence-corrected chi connectivity index (χ2v) is 7.44. The number of rotatable bonds is 10. The summed E-state index contributed by atoms with van der Waals surface area (Å²) < 4.78 is 16.9. The molecule has 0 radical (unpaired) electrons. The maximum atomic E-state index is 5.65. The van der Waals surface area contributed by atoms with Crippen LogP contribution in [-0.2, 0) is 19.7 Å². The summed E-state index contributed by atoms with van der Waals surface area (Å²) in [6.07, 6.45) is 3.93. The highest BCUT2D eigenvalue weighted by Crippen LogP contribution is 2.17. The lowest BCUT2D eigenvalue weighted by atomic mass is 10.2. The third kappa shape index (κ3) is 9.15. The highest BCUT2D eigenvalue weighted by molar-refractivity contribution is 6.60. The fourth-order valence-electron chi connectivity index (χ4n) is 2.09. The third-order valence-electron chi connectivity index (χ3n) is 2.87. The van der Waals surface area contributed by atoms with Crippen molar-refractivity contribution in [3.63, 3.8) is 0 Å². The van der Waals surface area contributed by atoms with E-state index in [0.717, 1.165) is 18.9 Å². The summed E-state index contributed by atoms with van der Waals surface area (Å²) in [6.45, 7) is 13.7. The molecule has 0 aliphatic carbocycles. The van der Waals surface area contributed by atoms with Gasteiger partial charge in [0, 0.05) is 25.9 Å². The van der Waals surface area contributed by atoms with E-state index in [0.29, 0.717) is 19.8 Å². The van der Waals surface area contributed by atoms with Crippen molar-refractivity contribution in [3.05, 3.63) is 48.6 Å². The minimum absolute atomic E-state index is 0.673. The first-order valence-corrected chi connectivity index (χ1v) is 10.2. The van der Waals surface area contributed by atoms with E-state index in [1.165, 1.54) is 5.56 Å². The summed E-state index contributed by atoms with van der Waals surface area (Å²) in [7, 11) is -2.30. The van der Waals surface area contributed by atoms with E-state index in [4.69, 9.17) is 13.3 Å². The zero-order valence-electron chi connectivity index (χ0n) is 14.6. The van der Waals surface area contributed by atoms with Gasteiger partial charge >= 0.3 is 8.80 Å². The molecule has 0 aromatic heterocycles. The molecule has 0 fully saturated rings. The van der Waals surface area contributed by atoms with Crippen LogP contribution < -0.4 is 0 Å². The molecule has 3 nitrogen and oxygen atoms in total. The molecule has 1 aromatic rings. The van der Waals surface area contributed by atoms with E-state index in [2.05, 4.69) is 25.6 Å². The van der Waals surface area contributed by atoms with Gasteiger partial charge in [-0.15, -0.1) is 6.58 Å². The molecule has 1 rings (SSSR count). The molecule has 22 heavy (non-hydrogen) atoms. The van der Waals surface area contributed by atoms with Gasteiger partial charge in [-0.1, -0.05) is 49.8 Å². The van der Waals surface area contributed by atoms with Gasteiger partial charge in [0.15, 0.2) is 0 Å². The average Bonchev–Trinajstić information content (AvgIpc) is 2.50. The molecular formula is C18H32O3Si. The first kappa shape index (κ1) is 21.1. The van der Waals surface area contributed by atoms with Crippen molar-refractivity contribution in [2.75, 3.05) is 19.8 Å². The van der Waals surface area contributed by atoms with E-state index in [-0.39, 0.29) is 0 Å². The van der Waals surface area contributed by atoms with Gasteiger partial charge in [-0.2, -0.15) is 0 Å². The van der Waals surface area contributed by atoms with Crippen molar-refractivity contribution >= 4 is 8.80 Å². The van der Waals surface area contributed by atoms with E-state index in [1.54, 1.807) is 0 Å². The van der Waals surface area contributed by atoms with Crippen LogP contribution in [0.2, 0.25) is 6.04 Å². The van der Waals surface area contributed by atoms with Gasteiger partial charge in [-0.05, 0) is 32.8 Å². The van der Waals surface area contributed by atoms with Gasteiger partial charge in [-0.25, -0.2) is 0 Å². The first-order chi connectivity index (χ1) is 10.7. The molecule has 0 spiro atoms. The van der Waals surface area contributed by atoms with Crippen LogP contribution >= 0.6 is 0 Å². The van der Waals surface area contributed by atoms with Crippen molar-refractivity contribution in [1.29, 1.82) is 0 Å². The molecular weight excluding hydrogens is 292 g/mol. The summed E-state index contributed by atoms with van der Waals surface area (Å²) in [5.74, 6) is 0. The minimum atomic E-state index is -2.30. The third-order valence-corrected chi connectivity index (χ3v) is 6.17. The van der Waals surface area contributed by atoms with Crippen molar-refractivity contribution in [2.45, 2.75) is 46.6 Å². The number of allylic oxidation sites excluding steroid dienone is 1. The smallest absolute Gasteiger partial charge is 0.374 e. The molecule has 0 aliphatic rings. The minimum Gasteiger partial charge on any atom is -0.374 e. The lowest BCUT2D eigenvalue weighted by Gasteiger charge is -2.27. The van der Waals surface area contributed by atoms with Crippen molar-refractivity contribution < 1.29 is 13.3 Å². The van der Waals surface area contributed by atoms with Crippen LogP contribution in [0.1, 0.15) is 39.7 Å². The Morgan fingerprint density at radius 2 is 1.41 bits per heavy atom. The lowest BCUT2D eigenvalue weighted by Crippen LogP contribution is -2.45. The Hall–Kier alpha value is -0.943.